The number of rotatable bonds is 4. The average molecular weight is 308 g/mol. The maximum absolute atomic E-state index is 12.2. The van der Waals surface area contributed by atoms with Crippen molar-refractivity contribution in [2.24, 2.45) is 0 Å². The van der Waals surface area contributed by atoms with Crippen LogP contribution in [-0.4, -0.2) is 16.0 Å². The first-order valence-corrected chi connectivity index (χ1v) is 7.15. The SMILES string of the molecule is Cc1cc(Nc2ccc(NC(=O)c3ccccc3C)cn2)no1. The minimum atomic E-state index is -0.155. The fourth-order valence-corrected chi connectivity index (χ4v) is 2.12. The van der Waals surface area contributed by atoms with Gasteiger partial charge in [-0.3, -0.25) is 4.79 Å². The van der Waals surface area contributed by atoms with Crippen LogP contribution < -0.4 is 10.6 Å². The van der Waals surface area contributed by atoms with E-state index in [1.807, 2.05) is 32.0 Å². The number of anilines is 3. The lowest BCUT2D eigenvalue weighted by Crippen LogP contribution is -2.13. The topological polar surface area (TPSA) is 80.0 Å². The van der Waals surface area contributed by atoms with Gasteiger partial charge < -0.3 is 15.2 Å². The standard InChI is InChI=1S/C17H16N4O2/c1-11-5-3-4-6-14(11)17(22)19-13-7-8-15(18-10-13)20-16-9-12(2)23-21-16/h3-10H,1-2H3,(H,19,22)(H,18,20,21). The first-order chi connectivity index (χ1) is 11.1. The van der Waals surface area contributed by atoms with E-state index in [2.05, 4.69) is 20.8 Å². The Balaban J connectivity index is 1.68. The van der Waals surface area contributed by atoms with Gasteiger partial charge in [0.05, 0.1) is 11.9 Å². The summed E-state index contributed by atoms with van der Waals surface area (Å²) >= 11 is 0. The molecule has 0 atom stereocenters. The van der Waals surface area contributed by atoms with Crippen LogP contribution >= 0.6 is 0 Å². The van der Waals surface area contributed by atoms with Crippen LogP contribution in [0.25, 0.3) is 0 Å². The number of amides is 1. The highest BCUT2D eigenvalue weighted by Gasteiger charge is 2.09. The first-order valence-electron chi connectivity index (χ1n) is 7.15. The van der Waals surface area contributed by atoms with Crippen molar-refractivity contribution in [1.82, 2.24) is 10.1 Å². The van der Waals surface area contributed by atoms with E-state index < -0.39 is 0 Å². The summed E-state index contributed by atoms with van der Waals surface area (Å²) in [5.74, 6) is 1.77. The van der Waals surface area contributed by atoms with Gasteiger partial charge in [0.1, 0.15) is 11.6 Å². The summed E-state index contributed by atoms with van der Waals surface area (Å²) in [5, 5.41) is 9.68. The van der Waals surface area contributed by atoms with Crippen LogP contribution in [0.3, 0.4) is 0 Å². The number of carbonyl (C=O) groups excluding carboxylic acids is 1. The lowest BCUT2D eigenvalue weighted by atomic mass is 10.1. The predicted octanol–water partition coefficient (Wildman–Crippen LogP) is 3.68. The quantitative estimate of drug-likeness (QED) is 0.768. The highest BCUT2D eigenvalue weighted by Crippen LogP contribution is 2.17. The van der Waals surface area contributed by atoms with Gasteiger partial charge in [0.25, 0.3) is 5.91 Å². The van der Waals surface area contributed by atoms with Crippen molar-refractivity contribution >= 4 is 23.2 Å². The van der Waals surface area contributed by atoms with Gasteiger partial charge in [0.2, 0.25) is 0 Å². The van der Waals surface area contributed by atoms with E-state index >= 15 is 0 Å². The first kappa shape index (κ1) is 14.8. The molecule has 0 radical (unpaired) electrons. The molecule has 3 aromatic rings. The van der Waals surface area contributed by atoms with Crippen molar-refractivity contribution in [1.29, 1.82) is 0 Å². The number of nitrogens with zero attached hydrogens (tertiary/aromatic N) is 2. The van der Waals surface area contributed by atoms with E-state index in [4.69, 9.17) is 4.52 Å². The highest BCUT2D eigenvalue weighted by atomic mass is 16.5. The summed E-state index contributed by atoms with van der Waals surface area (Å²) in [6, 6.07) is 12.7. The zero-order chi connectivity index (χ0) is 16.2. The Hall–Kier alpha value is -3.15. The van der Waals surface area contributed by atoms with Crippen LogP contribution in [0.4, 0.5) is 17.3 Å². The van der Waals surface area contributed by atoms with Crippen LogP contribution in [0.1, 0.15) is 21.7 Å². The number of hydrogen-bond acceptors (Lipinski definition) is 5. The molecule has 116 valence electrons. The third-order valence-corrected chi connectivity index (χ3v) is 3.30. The molecule has 1 amide bonds. The molecule has 0 aliphatic heterocycles. The van der Waals surface area contributed by atoms with E-state index in [1.54, 1.807) is 30.5 Å². The van der Waals surface area contributed by atoms with E-state index in [1.165, 1.54) is 0 Å². The van der Waals surface area contributed by atoms with Crippen molar-refractivity contribution in [2.45, 2.75) is 13.8 Å². The van der Waals surface area contributed by atoms with Crippen molar-refractivity contribution in [3.63, 3.8) is 0 Å². The second-order valence-corrected chi connectivity index (χ2v) is 5.15. The lowest BCUT2D eigenvalue weighted by molar-refractivity contribution is 0.102. The third-order valence-electron chi connectivity index (χ3n) is 3.30. The molecule has 0 saturated carbocycles. The second-order valence-electron chi connectivity index (χ2n) is 5.15. The molecule has 2 heterocycles. The van der Waals surface area contributed by atoms with Gasteiger partial charge in [-0.2, -0.15) is 0 Å². The van der Waals surface area contributed by atoms with Crippen molar-refractivity contribution in [3.05, 3.63) is 65.5 Å². The molecule has 0 unspecified atom stereocenters. The Morgan fingerprint density at radius 1 is 1.09 bits per heavy atom. The molecule has 6 heteroatoms. The Morgan fingerprint density at radius 2 is 1.91 bits per heavy atom. The Morgan fingerprint density at radius 3 is 2.57 bits per heavy atom. The van der Waals surface area contributed by atoms with Gasteiger partial charge in [-0.15, -0.1) is 0 Å². The highest BCUT2D eigenvalue weighted by molar-refractivity contribution is 6.05. The molecule has 3 rings (SSSR count). The van der Waals surface area contributed by atoms with Gasteiger partial charge in [-0.05, 0) is 37.6 Å². The second kappa shape index (κ2) is 6.31. The summed E-state index contributed by atoms with van der Waals surface area (Å²) in [5.41, 5.74) is 2.20. The molecule has 23 heavy (non-hydrogen) atoms. The number of nitrogens with one attached hydrogen (secondary N) is 2. The largest absolute Gasteiger partial charge is 0.360 e. The maximum atomic E-state index is 12.2. The molecule has 0 bridgehead atoms. The van der Waals surface area contributed by atoms with E-state index in [0.29, 0.717) is 22.9 Å². The molecule has 2 N–H and O–H groups in total. The average Bonchev–Trinajstić information content (AvgIpc) is 2.95. The number of pyridine rings is 1. The molecule has 0 saturated heterocycles. The van der Waals surface area contributed by atoms with E-state index in [0.717, 1.165) is 11.3 Å². The van der Waals surface area contributed by atoms with Crippen molar-refractivity contribution < 1.29 is 9.32 Å². The van der Waals surface area contributed by atoms with Crippen LogP contribution in [0.5, 0.6) is 0 Å². The van der Waals surface area contributed by atoms with Gasteiger partial charge in [-0.1, -0.05) is 23.4 Å². The van der Waals surface area contributed by atoms with Gasteiger partial charge in [0, 0.05) is 11.6 Å². The molecule has 0 aliphatic carbocycles. The summed E-state index contributed by atoms with van der Waals surface area (Å²) in [6.45, 7) is 3.72. The van der Waals surface area contributed by atoms with Gasteiger partial charge >= 0.3 is 0 Å². The van der Waals surface area contributed by atoms with Crippen LogP contribution in [0.15, 0.2) is 53.2 Å². The molecule has 0 fully saturated rings. The molecule has 1 aromatic carbocycles. The third kappa shape index (κ3) is 3.55. The Kier molecular flexibility index (Phi) is 4.05. The molecule has 0 spiro atoms. The zero-order valence-corrected chi connectivity index (χ0v) is 12.8. The number of benzene rings is 1. The monoisotopic (exact) mass is 308 g/mol. The predicted molar refractivity (Wildman–Crippen MR) is 87.9 cm³/mol. The number of hydrogen-bond donors (Lipinski definition) is 2. The normalized spacial score (nSPS) is 10.3. The van der Waals surface area contributed by atoms with Crippen LogP contribution in [0.2, 0.25) is 0 Å². The summed E-state index contributed by atoms with van der Waals surface area (Å²) in [4.78, 5) is 16.5. The number of aromatic nitrogens is 2. The fraction of sp³-hybridized carbons (Fsp3) is 0.118. The zero-order valence-electron chi connectivity index (χ0n) is 12.8. The fourth-order valence-electron chi connectivity index (χ4n) is 2.12. The molecule has 0 aliphatic rings. The lowest BCUT2D eigenvalue weighted by Gasteiger charge is -2.08. The Labute approximate surface area is 133 Å². The van der Waals surface area contributed by atoms with E-state index in [9.17, 15) is 4.79 Å². The number of carbonyl (C=O) groups is 1. The summed E-state index contributed by atoms with van der Waals surface area (Å²) < 4.78 is 4.98. The Bertz CT molecular complexity index is 825. The summed E-state index contributed by atoms with van der Waals surface area (Å²) in [7, 11) is 0. The summed E-state index contributed by atoms with van der Waals surface area (Å²) in [6.07, 6.45) is 1.59. The van der Waals surface area contributed by atoms with Crippen molar-refractivity contribution in [2.75, 3.05) is 10.6 Å². The molecular weight excluding hydrogens is 292 g/mol. The van der Waals surface area contributed by atoms with Crippen molar-refractivity contribution in [3.8, 4) is 0 Å². The van der Waals surface area contributed by atoms with Crippen LogP contribution in [0, 0.1) is 13.8 Å². The molecular formula is C17H16N4O2. The maximum Gasteiger partial charge on any atom is 0.255 e. The number of aryl methyl sites for hydroxylation is 2. The minimum Gasteiger partial charge on any atom is -0.360 e. The van der Waals surface area contributed by atoms with Crippen LogP contribution in [-0.2, 0) is 0 Å². The smallest absolute Gasteiger partial charge is 0.255 e. The molecule has 6 nitrogen and oxygen atoms in total. The van der Waals surface area contributed by atoms with Gasteiger partial charge in [-0.25, -0.2) is 4.98 Å². The van der Waals surface area contributed by atoms with Gasteiger partial charge in [0.15, 0.2) is 5.82 Å². The molecule has 2 aromatic heterocycles. The van der Waals surface area contributed by atoms with E-state index in [-0.39, 0.29) is 5.91 Å². The minimum absolute atomic E-state index is 0.155.